The van der Waals surface area contributed by atoms with E-state index in [9.17, 15) is 0 Å². The molecule has 0 radical (unpaired) electrons. The topological polar surface area (TPSA) is 51.0 Å². The Hall–Kier alpha value is -1.10. The van der Waals surface area contributed by atoms with Crippen LogP contribution in [0.4, 0.5) is 0 Å². The monoisotopic (exact) mass is 311 g/mol. The van der Waals surface area contributed by atoms with Crippen molar-refractivity contribution in [1.82, 2.24) is 15.5 Å². The highest BCUT2D eigenvalue weighted by Crippen LogP contribution is 2.34. The van der Waals surface area contributed by atoms with Crippen LogP contribution >= 0.6 is 23.2 Å². The van der Waals surface area contributed by atoms with Gasteiger partial charge in [-0.15, -0.1) is 0 Å². The molecule has 1 atom stereocenters. The lowest BCUT2D eigenvalue weighted by molar-refractivity contribution is 0.250. The van der Waals surface area contributed by atoms with Gasteiger partial charge in [-0.1, -0.05) is 35.3 Å². The summed E-state index contributed by atoms with van der Waals surface area (Å²) in [5.74, 6) is 1.19. The van der Waals surface area contributed by atoms with Gasteiger partial charge in [-0.25, -0.2) is 0 Å². The first-order valence-corrected chi connectivity index (χ1v) is 7.45. The first kappa shape index (κ1) is 13.9. The maximum Gasteiger partial charge on any atom is 0.247 e. The molecule has 3 rings (SSSR count). The lowest BCUT2D eigenvalue weighted by Crippen LogP contribution is -2.36. The normalized spacial score (nSPS) is 22.4. The van der Waals surface area contributed by atoms with Crippen molar-refractivity contribution in [2.75, 3.05) is 6.54 Å². The largest absolute Gasteiger partial charge is 0.337 e. The molecule has 4 nitrogen and oxygen atoms in total. The number of halogens is 2. The number of hydrogen-bond acceptors (Lipinski definition) is 4. The van der Waals surface area contributed by atoms with Crippen molar-refractivity contribution in [1.29, 1.82) is 0 Å². The van der Waals surface area contributed by atoms with E-state index in [0.717, 1.165) is 31.4 Å². The molecule has 1 unspecified atom stereocenters. The second-order valence-electron chi connectivity index (χ2n) is 5.02. The molecule has 0 aliphatic carbocycles. The van der Waals surface area contributed by atoms with Crippen molar-refractivity contribution in [2.45, 2.75) is 31.7 Å². The summed E-state index contributed by atoms with van der Waals surface area (Å²) in [6.07, 6.45) is 3.07. The van der Waals surface area contributed by atoms with E-state index in [1.54, 1.807) is 12.1 Å². The summed E-state index contributed by atoms with van der Waals surface area (Å²) >= 11 is 11.9. The molecule has 1 aromatic carbocycles. The van der Waals surface area contributed by atoms with E-state index >= 15 is 0 Å². The molecule has 2 heterocycles. The Bertz CT molecular complexity index is 621. The van der Waals surface area contributed by atoms with Crippen LogP contribution in [0.1, 0.15) is 32.1 Å². The average Bonchev–Trinajstić information content (AvgIpc) is 3.10. The maximum atomic E-state index is 6.02. The summed E-state index contributed by atoms with van der Waals surface area (Å²) in [6, 6.07) is 5.32. The predicted octanol–water partition coefficient (Wildman–Crippen LogP) is 4.03. The summed E-state index contributed by atoms with van der Waals surface area (Å²) in [7, 11) is 0. The Labute approximate surface area is 127 Å². The Balaban J connectivity index is 1.95. The van der Waals surface area contributed by atoms with Crippen LogP contribution in [0.3, 0.4) is 0 Å². The summed E-state index contributed by atoms with van der Waals surface area (Å²) in [6.45, 7) is 3.11. The molecule has 2 aromatic rings. The van der Waals surface area contributed by atoms with Gasteiger partial charge in [0.05, 0.1) is 15.6 Å². The zero-order valence-corrected chi connectivity index (χ0v) is 12.6. The minimum atomic E-state index is -0.179. The minimum absolute atomic E-state index is 0.179. The third-order valence-electron chi connectivity index (χ3n) is 3.86. The second kappa shape index (κ2) is 5.35. The molecular formula is C14H15Cl2N3O. The standard InChI is InChI=1S/C14H15Cl2N3O/c1-2-14(6-3-7-17-14)13-18-12(19-20-13)9-4-5-10(15)11(16)8-9/h4-5,8,17H,2-3,6-7H2,1H3. The Morgan fingerprint density at radius 2 is 2.20 bits per heavy atom. The lowest BCUT2D eigenvalue weighted by Gasteiger charge is -2.22. The number of rotatable bonds is 3. The molecule has 0 bridgehead atoms. The third kappa shape index (κ3) is 2.32. The Kier molecular flexibility index (Phi) is 3.71. The Morgan fingerprint density at radius 3 is 2.85 bits per heavy atom. The van der Waals surface area contributed by atoms with E-state index in [1.165, 1.54) is 0 Å². The maximum absolute atomic E-state index is 6.02. The predicted molar refractivity (Wildman–Crippen MR) is 79.0 cm³/mol. The van der Waals surface area contributed by atoms with Crippen LogP contribution in [0.5, 0.6) is 0 Å². The van der Waals surface area contributed by atoms with Gasteiger partial charge in [-0.2, -0.15) is 4.98 Å². The van der Waals surface area contributed by atoms with E-state index in [0.29, 0.717) is 21.8 Å². The van der Waals surface area contributed by atoms with Gasteiger partial charge < -0.3 is 9.84 Å². The van der Waals surface area contributed by atoms with Gasteiger partial charge in [0.1, 0.15) is 0 Å². The van der Waals surface area contributed by atoms with Crippen LogP contribution in [0.25, 0.3) is 11.4 Å². The van der Waals surface area contributed by atoms with Crippen LogP contribution < -0.4 is 5.32 Å². The van der Waals surface area contributed by atoms with Crippen LogP contribution in [-0.2, 0) is 5.54 Å². The number of nitrogens with zero attached hydrogens (tertiary/aromatic N) is 2. The number of hydrogen-bond donors (Lipinski definition) is 1. The fraction of sp³-hybridized carbons (Fsp3) is 0.429. The highest BCUT2D eigenvalue weighted by molar-refractivity contribution is 6.42. The van der Waals surface area contributed by atoms with E-state index in [1.807, 2.05) is 6.07 Å². The van der Waals surface area contributed by atoms with Gasteiger partial charge in [0.2, 0.25) is 11.7 Å². The van der Waals surface area contributed by atoms with Crippen molar-refractivity contribution in [2.24, 2.45) is 0 Å². The minimum Gasteiger partial charge on any atom is -0.337 e. The van der Waals surface area contributed by atoms with E-state index in [2.05, 4.69) is 22.4 Å². The molecule has 1 aliphatic rings. The van der Waals surface area contributed by atoms with E-state index in [4.69, 9.17) is 27.7 Å². The quantitative estimate of drug-likeness (QED) is 0.929. The third-order valence-corrected chi connectivity index (χ3v) is 4.60. The smallest absolute Gasteiger partial charge is 0.247 e. The summed E-state index contributed by atoms with van der Waals surface area (Å²) in [5.41, 5.74) is 0.625. The van der Waals surface area contributed by atoms with Crippen molar-refractivity contribution in [3.8, 4) is 11.4 Å². The van der Waals surface area contributed by atoms with Gasteiger partial charge in [-0.3, -0.25) is 0 Å². The summed E-state index contributed by atoms with van der Waals surface area (Å²) in [4.78, 5) is 4.53. The number of nitrogens with one attached hydrogen (secondary N) is 1. The summed E-state index contributed by atoms with van der Waals surface area (Å²) < 4.78 is 5.47. The molecule has 1 saturated heterocycles. The lowest BCUT2D eigenvalue weighted by atomic mass is 9.94. The van der Waals surface area contributed by atoms with Crippen LogP contribution in [0, 0.1) is 0 Å². The molecule has 1 aliphatic heterocycles. The van der Waals surface area contributed by atoms with Crippen LogP contribution in [-0.4, -0.2) is 16.7 Å². The molecule has 1 aromatic heterocycles. The fourth-order valence-corrected chi connectivity index (χ4v) is 2.91. The molecule has 6 heteroatoms. The molecule has 0 spiro atoms. The number of aromatic nitrogens is 2. The highest BCUT2D eigenvalue weighted by Gasteiger charge is 2.38. The zero-order chi connectivity index (χ0) is 14.2. The zero-order valence-electron chi connectivity index (χ0n) is 11.1. The van der Waals surface area contributed by atoms with Crippen LogP contribution in [0.15, 0.2) is 22.7 Å². The molecule has 0 amide bonds. The highest BCUT2D eigenvalue weighted by atomic mass is 35.5. The van der Waals surface area contributed by atoms with Crippen molar-refractivity contribution >= 4 is 23.2 Å². The molecular weight excluding hydrogens is 297 g/mol. The van der Waals surface area contributed by atoms with Gasteiger partial charge >= 0.3 is 0 Å². The SMILES string of the molecule is CCC1(c2nc(-c3ccc(Cl)c(Cl)c3)no2)CCCN1. The second-order valence-corrected chi connectivity index (χ2v) is 5.83. The van der Waals surface area contributed by atoms with Gasteiger partial charge in [0.15, 0.2) is 0 Å². The molecule has 1 fully saturated rings. The van der Waals surface area contributed by atoms with Gasteiger partial charge in [0, 0.05) is 5.56 Å². The molecule has 0 saturated carbocycles. The van der Waals surface area contributed by atoms with Crippen molar-refractivity contribution in [3.63, 3.8) is 0 Å². The average molecular weight is 312 g/mol. The first-order valence-electron chi connectivity index (χ1n) is 6.69. The molecule has 1 N–H and O–H groups in total. The van der Waals surface area contributed by atoms with Crippen LogP contribution in [0.2, 0.25) is 10.0 Å². The fourth-order valence-electron chi connectivity index (χ4n) is 2.61. The van der Waals surface area contributed by atoms with Gasteiger partial charge in [0.25, 0.3) is 0 Å². The number of benzene rings is 1. The molecule has 106 valence electrons. The first-order chi connectivity index (χ1) is 9.64. The summed E-state index contributed by atoms with van der Waals surface area (Å²) in [5, 5.41) is 8.55. The van der Waals surface area contributed by atoms with E-state index < -0.39 is 0 Å². The molecule has 20 heavy (non-hydrogen) atoms. The Morgan fingerprint density at radius 1 is 1.35 bits per heavy atom. The van der Waals surface area contributed by atoms with E-state index in [-0.39, 0.29) is 5.54 Å². The van der Waals surface area contributed by atoms with Crippen molar-refractivity contribution in [3.05, 3.63) is 34.1 Å². The van der Waals surface area contributed by atoms with Gasteiger partial charge in [-0.05, 0) is 44.0 Å². The van der Waals surface area contributed by atoms with Crippen molar-refractivity contribution < 1.29 is 4.52 Å².